The lowest BCUT2D eigenvalue weighted by atomic mass is 10.0. The van der Waals surface area contributed by atoms with E-state index in [0.29, 0.717) is 11.1 Å². The fourth-order valence-electron chi connectivity index (χ4n) is 3.63. The van der Waals surface area contributed by atoms with Gasteiger partial charge in [0.25, 0.3) is 0 Å². The molecule has 0 radical (unpaired) electrons. The third-order valence-corrected chi connectivity index (χ3v) is 5.74. The molecule has 0 bridgehead atoms. The number of carbonyl (C=O) groups excluding carboxylic acids is 3. The fraction of sp³-hybridized carbons (Fsp3) is 0.308. The fourth-order valence-corrected chi connectivity index (χ4v) is 3.63. The number of hydrogen-bond acceptors (Lipinski definition) is 9. The minimum Gasteiger partial charge on any atom is -0.508 e. The van der Waals surface area contributed by atoms with Crippen LogP contribution in [0.25, 0.3) is 0 Å². The maximum atomic E-state index is 13.2. The Labute approximate surface area is 233 Å². The number of nitrogens with two attached hydrogens (primary N) is 1. The number of carboxylic acids is 3. The number of phenolic OH excluding ortho intramolecular Hbond substituents is 2. The van der Waals surface area contributed by atoms with E-state index in [1.807, 2.05) is 0 Å². The van der Waals surface area contributed by atoms with Gasteiger partial charge in [0.2, 0.25) is 17.7 Å². The van der Waals surface area contributed by atoms with Crippen molar-refractivity contribution in [2.45, 2.75) is 49.9 Å². The highest BCUT2D eigenvalue weighted by Crippen LogP contribution is 2.13. The van der Waals surface area contributed by atoms with E-state index < -0.39 is 72.6 Å². The molecule has 0 aliphatic carbocycles. The molecule has 2 rings (SSSR count). The van der Waals surface area contributed by atoms with E-state index in [9.17, 15) is 49.2 Å². The highest BCUT2D eigenvalue weighted by Gasteiger charge is 2.32. The number of carbonyl (C=O) groups is 6. The van der Waals surface area contributed by atoms with Gasteiger partial charge in [0.05, 0.1) is 18.9 Å². The number of rotatable bonds is 15. The molecule has 4 atom stereocenters. The molecule has 15 nitrogen and oxygen atoms in total. The zero-order chi connectivity index (χ0) is 30.7. The van der Waals surface area contributed by atoms with Crippen LogP contribution in [0.4, 0.5) is 0 Å². The Morgan fingerprint density at radius 3 is 1.41 bits per heavy atom. The molecule has 0 spiro atoms. The van der Waals surface area contributed by atoms with Crippen molar-refractivity contribution in [2.75, 3.05) is 0 Å². The zero-order valence-corrected chi connectivity index (χ0v) is 21.5. The second-order valence-corrected chi connectivity index (χ2v) is 9.07. The number of nitrogens with one attached hydrogen (secondary N) is 3. The van der Waals surface area contributed by atoms with Gasteiger partial charge in [0.15, 0.2) is 0 Å². The van der Waals surface area contributed by atoms with Crippen LogP contribution in [-0.4, -0.2) is 85.3 Å². The lowest BCUT2D eigenvalue weighted by molar-refractivity contribution is -0.143. The lowest BCUT2D eigenvalue weighted by Gasteiger charge is -2.24. The minimum atomic E-state index is -1.77. The second-order valence-electron chi connectivity index (χ2n) is 9.07. The van der Waals surface area contributed by atoms with E-state index in [1.165, 1.54) is 48.5 Å². The molecule has 0 aliphatic heterocycles. The Kier molecular flexibility index (Phi) is 11.6. The summed E-state index contributed by atoms with van der Waals surface area (Å²) in [5.74, 6) is -7.65. The quantitative estimate of drug-likeness (QED) is 0.120. The average molecular weight is 575 g/mol. The normalized spacial score (nSPS) is 13.6. The monoisotopic (exact) mass is 574 g/mol. The number of amides is 3. The van der Waals surface area contributed by atoms with Crippen molar-refractivity contribution in [1.29, 1.82) is 0 Å². The highest BCUT2D eigenvalue weighted by molar-refractivity contribution is 5.96. The summed E-state index contributed by atoms with van der Waals surface area (Å²) in [4.78, 5) is 72.8. The largest absolute Gasteiger partial charge is 0.508 e. The van der Waals surface area contributed by atoms with Crippen molar-refractivity contribution in [3.63, 3.8) is 0 Å². The van der Waals surface area contributed by atoms with Crippen molar-refractivity contribution >= 4 is 35.6 Å². The molecule has 0 aliphatic rings. The minimum absolute atomic E-state index is 0.0632. The number of carboxylic acid groups (broad SMARTS) is 3. The number of hydrogen-bond donors (Lipinski definition) is 9. The van der Waals surface area contributed by atoms with Crippen LogP contribution in [0.2, 0.25) is 0 Å². The van der Waals surface area contributed by atoms with Crippen LogP contribution in [0.5, 0.6) is 11.5 Å². The summed E-state index contributed by atoms with van der Waals surface area (Å²) in [5.41, 5.74) is 6.44. The molecule has 0 fully saturated rings. The standard InChI is InChI=1S/C26H30N4O11/c27-17(11-21(33)34)23(37)28-18(9-13-1-5-15(31)6-2-13)24(38)29-19(12-22(35)36)25(39)30-20(26(40)41)10-14-3-7-16(32)8-4-14/h1-8,17-20,31-32H,9-12,27H2,(H,28,37)(H,29,38)(H,30,39)(H,33,34)(H,35,36)(H,40,41)/t17-,18-,19-,20-/m0/s1. The number of benzene rings is 2. The zero-order valence-electron chi connectivity index (χ0n) is 21.5. The maximum absolute atomic E-state index is 13.2. The predicted molar refractivity (Wildman–Crippen MR) is 140 cm³/mol. The average Bonchev–Trinajstić information content (AvgIpc) is 2.89. The summed E-state index contributed by atoms with van der Waals surface area (Å²) in [6.07, 6.45) is -2.14. The van der Waals surface area contributed by atoms with E-state index in [1.54, 1.807) is 0 Å². The van der Waals surface area contributed by atoms with Crippen LogP contribution < -0.4 is 21.7 Å². The Balaban J connectivity index is 2.25. The van der Waals surface area contributed by atoms with Gasteiger partial charge in [0.1, 0.15) is 29.6 Å². The smallest absolute Gasteiger partial charge is 0.326 e. The van der Waals surface area contributed by atoms with E-state index in [0.717, 1.165) is 0 Å². The Morgan fingerprint density at radius 2 is 0.976 bits per heavy atom. The SMILES string of the molecule is N[C@@H](CC(=O)O)C(=O)N[C@@H](Cc1ccc(O)cc1)C(=O)N[C@@H](CC(=O)O)C(=O)N[C@@H](Cc1ccc(O)cc1)C(=O)O. The van der Waals surface area contributed by atoms with Gasteiger partial charge in [-0.25, -0.2) is 4.79 Å². The Bertz CT molecular complexity index is 1270. The van der Waals surface area contributed by atoms with Crippen molar-refractivity contribution in [3.8, 4) is 11.5 Å². The van der Waals surface area contributed by atoms with Gasteiger partial charge in [-0.15, -0.1) is 0 Å². The number of aliphatic carboxylic acids is 3. The van der Waals surface area contributed by atoms with Crippen molar-refractivity contribution < 1.29 is 54.3 Å². The summed E-state index contributed by atoms with van der Waals surface area (Å²) >= 11 is 0. The van der Waals surface area contributed by atoms with Crippen molar-refractivity contribution in [1.82, 2.24) is 16.0 Å². The summed E-state index contributed by atoms with van der Waals surface area (Å²) in [5, 5.41) is 53.4. The summed E-state index contributed by atoms with van der Waals surface area (Å²) in [6.45, 7) is 0. The molecule has 15 heteroatoms. The first-order valence-electron chi connectivity index (χ1n) is 12.1. The predicted octanol–water partition coefficient (Wildman–Crippen LogP) is -1.30. The van der Waals surface area contributed by atoms with Gasteiger partial charge in [-0.05, 0) is 35.4 Å². The van der Waals surface area contributed by atoms with Gasteiger partial charge < -0.3 is 47.2 Å². The molecule has 41 heavy (non-hydrogen) atoms. The first-order valence-corrected chi connectivity index (χ1v) is 12.1. The van der Waals surface area contributed by atoms with Crippen molar-refractivity contribution in [2.24, 2.45) is 5.73 Å². The number of aromatic hydroxyl groups is 2. The van der Waals surface area contributed by atoms with Gasteiger partial charge in [-0.2, -0.15) is 0 Å². The molecule has 0 unspecified atom stereocenters. The summed E-state index contributed by atoms with van der Waals surface area (Å²) in [6, 6.07) is 4.67. The lowest BCUT2D eigenvalue weighted by Crippen LogP contribution is -2.58. The first-order chi connectivity index (χ1) is 19.2. The molecule has 2 aromatic carbocycles. The maximum Gasteiger partial charge on any atom is 0.326 e. The van der Waals surface area contributed by atoms with Crippen LogP contribution in [0, 0.1) is 0 Å². The Morgan fingerprint density at radius 1 is 0.585 bits per heavy atom. The first kappa shape index (κ1) is 32.0. The molecule has 0 heterocycles. The van der Waals surface area contributed by atoms with Gasteiger partial charge in [-0.1, -0.05) is 24.3 Å². The topological polar surface area (TPSA) is 266 Å². The second kappa shape index (κ2) is 14.8. The molecular formula is C26H30N4O11. The van der Waals surface area contributed by atoms with Gasteiger partial charge >= 0.3 is 17.9 Å². The molecule has 0 saturated carbocycles. The van der Waals surface area contributed by atoms with Crippen LogP contribution in [0.3, 0.4) is 0 Å². The van der Waals surface area contributed by atoms with Gasteiger partial charge in [0, 0.05) is 12.8 Å². The molecule has 220 valence electrons. The van der Waals surface area contributed by atoms with E-state index in [4.69, 9.17) is 10.8 Å². The summed E-state index contributed by atoms with van der Waals surface area (Å²) in [7, 11) is 0. The van der Waals surface area contributed by atoms with E-state index >= 15 is 0 Å². The third-order valence-electron chi connectivity index (χ3n) is 5.74. The van der Waals surface area contributed by atoms with Crippen molar-refractivity contribution in [3.05, 3.63) is 59.7 Å². The van der Waals surface area contributed by atoms with Crippen LogP contribution in [0.15, 0.2) is 48.5 Å². The highest BCUT2D eigenvalue weighted by atomic mass is 16.4. The molecule has 3 amide bonds. The van der Waals surface area contributed by atoms with E-state index in [2.05, 4.69) is 16.0 Å². The summed E-state index contributed by atoms with van der Waals surface area (Å²) < 4.78 is 0. The van der Waals surface area contributed by atoms with E-state index in [-0.39, 0.29) is 24.3 Å². The molecular weight excluding hydrogens is 544 g/mol. The molecule has 10 N–H and O–H groups in total. The molecule has 2 aromatic rings. The van der Waals surface area contributed by atoms with Crippen LogP contribution in [-0.2, 0) is 41.6 Å². The number of phenols is 2. The third kappa shape index (κ3) is 10.8. The molecule has 0 aromatic heterocycles. The van der Waals surface area contributed by atoms with Crippen LogP contribution in [0.1, 0.15) is 24.0 Å². The Hall–Kier alpha value is -5.18. The molecule has 0 saturated heterocycles. The van der Waals surface area contributed by atoms with Crippen LogP contribution >= 0.6 is 0 Å². The van der Waals surface area contributed by atoms with Gasteiger partial charge in [-0.3, -0.25) is 24.0 Å².